The van der Waals surface area contributed by atoms with Gasteiger partial charge in [0.15, 0.2) is 5.82 Å². The van der Waals surface area contributed by atoms with Crippen LogP contribution in [0, 0.1) is 0 Å². The maximum Gasteiger partial charge on any atom is 0.410 e. The summed E-state index contributed by atoms with van der Waals surface area (Å²) in [6, 6.07) is 19.9. The lowest BCUT2D eigenvalue weighted by atomic mass is 10.0. The molecule has 2 heterocycles. The third kappa shape index (κ3) is 6.16. The Bertz CT molecular complexity index is 1490. The van der Waals surface area contributed by atoms with Crippen LogP contribution in [0.3, 0.4) is 0 Å². The lowest BCUT2D eigenvalue weighted by molar-refractivity contribution is 0.0204. The van der Waals surface area contributed by atoms with Gasteiger partial charge in [0.1, 0.15) is 11.4 Å². The predicted octanol–water partition coefficient (Wildman–Crippen LogP) is 7.95. The van der Waals surface area contributed by atoms with Crippen molar-refractivity contribution in [2.45, 2.75) is 51.8 Å². The highest BCUT2D eigenvalue weighted by molar-refractivity contribution is 6.37. The number of amides is 1. The Labute approximate surface area is 245 Å². The molecule has 1 fully saturated rings. The number of aromatic nitrogens is 2. The van der Waals surface area contributed by atoms with E-state index in [9.17, 15) is 4.79 Å². The molecule has 1 aromatic heterocycles. The molecule has 210 valence electrons. The number of likely N-dealkylation sites (tertiary alicyclic amines) is 1. The highest BCUT2D eigenvalue weighted by Gasteiger charge is 2.31. The van der Waals surface area contributed by atoms with Gasteiger partial charge in [0, 0.05) is 47.2 Å². The second-order valence-electron chi connectivity index (χ2n) is 11.1. The molecule has 4 aromatic rings. The van der Waals surface area contributed by atoms with Crippen LogP contribution in [-0.4, -0.2) is 53.0 Å². The number of nitrogens with one attached hydrogen (secondary N) is 1. The summed E-state index contributed by atoms with van der Waals surface area (Å²) in [5, 5.41) is 10.2. The van der Waals surface area contributed by atoms with Crippen LogP contribution in [0.1, 0.15) is 39.2 Å². The van der Waals surface area contributed by atoms with Crippen molar-refractivity contribution in [3.8, 4) is 16.9 Å². The van der Waals surface area contributed by atoms with Gasteiger partial charge in [-0.1, -0.05) is 53.5 Å². The number of fused-ring (bicyclic) bond motifs is 1. The number of halogens is 2. The van der Waals surface area contributed by atoms with E-state index in [0.29, 0.717) is 29.7 Å². The van der Waals surface area contributed by atoms with E-state index in [-0.39, 0.29) is 12.1 Å². The van der Waals surface area contributed by atoms with Gasteiger partial charge in [0.05, 0.1) is 17.6 Å². The highest BCUT2D eigenvalue weighted by Crippen LogP contribution is 2.39. The molecule has 0 saturated carbocycles. The lowest BCUT2D eigenvalue weighted by Crippen LogP contribution is -2.48. The molecule has 1 aliphatic heterocycles. The van der Waals surface area contributed by atoms with Gasteiger partial charge in [0.25, 0.3) is 0 Å². The van der Waals surface area contributed by atoms with Crippen LogP contribution in [0.15, 0.2) is 60.7 Å². The van der Waals surface area contributed by atoms with Crippen molar-refractivity contribution in [3.05, 3.63) is 76.3 Å². The van der Waals surface area contributed by atoms with E-state index >= 15 is 0 Å². The normalized spacial score (nSPS) is 14.4. The van der Waals surface area contributed by atoms with E-state index in [0.717, 1.165) is 52.0 Å². The molecule has 1 amide bonds. The van der Waals surface area contributed by atoms with Crippen LogP contribution in [-0.2, 0) is 11.3 Å². The van der Waals surface area contributed by atoms with Gasteiger partial charge in [0.2, 0.25) is 0 Å². The lowest BCUT2D eigenvalue weighted by Gasteiger charge is -2.39. The van der Waals surface area contributed by atoms with E-state index in [2.05, 4.69) is 28.2 Å². The number of H-pyrrole nitrogens is 1. The van der Waals surface area contributed by atoms with Crippen molar-refractivity contribution >= 4 is 46.0 Å². The van der Waals surface area contributed by atoms with Crippen molar-refractivity contribution in [2.24, 2.45) is 0 Å². The van der Waals surface area contributed by atoms with Gasteiger partial charge < -0.3 is 19.3 Å². The zero-order valence-corrected chi connectivity index (χ0v) is 24.7. The topological polar surface area (TPSA) is 70.7 Å². The van der Waals surface area contributed by atoms with Crippen LogP contribution >= 0.6 is 23.2 Å². The van der Waals surface area contributed by atoms with Gasteiger partial charge >= 0.3 is 6.09 Å². The first kappa shape index (κ1) is 28.1. The molecule has 1 aliphatic rings. The largest absolute Gasteiger partial charge is 0.497 e. The number of carbonyl (C=O) groups excluding carboxylic acids is 1. The SMILES string of the molecule is COc1ccc(CN(c2n[nH]c3cc(Cl)c(-c4ccccc4Cl)cc23)C2CCN(C(=O)OC(C)(C)C)CC2)cc1. The Morgan fingerprint density at radius 1 is 1.02 bits per heavy atom. The fourth-order valence-corrected chi connectivity index (χ4v) is 5.62. The van der Waals surface area contributed by atoms with Crippen LogP contribution in [0.4, 0.5) is 10.6 Å². The minimum absolute atomic E-state index is 0.159. The monoisotopic (exact) mass is 580 g/mol. The summed E-state index contributed by atoms with van der Waals surface area (Å²) in [7, 11) is 1.66. The molecule has 0 radical (unpaired) electrons. The van der Waals surface area contributed by atoms with E-state index in [1.54, 1.807) is 12.0 Å². The van der Waals surface area contributed by atoms with Crippen molar-refractivity contribution < 1.29 is 14.3 Å². The number of methoxy groups -OCH3 is 1. The molecule has 0 spiro atoms. The molecule has 0 aliphatic carbocycles. The highest BCUT2D eigenvalue weighted by atomic mass is 35.5. The number of aromatic amines is 1. The van der Waals surface area contributed by atoms with Crippen molar-refractivity contribution in [2.75, 3.05) is 25.1 Å². The summed E-state index contributed by atoms with van der Waals surface area (Å²) < 4.78 is 11.0. The van der Waals surface area contributed by atoms with Crippen LogP contribution in [0.25, 0.3) is 22.0 Å². The molecule has 9 heteroatoms. The van der Waals surface area contributed by atoms with E-state index < -0.39 is 5.60 Å². The summed E-state index contributed by atoms with van der Waals surface area (Å²) >= 11 is 13.3. The van der Waals surface area contributed by atoms with Crippen molar-refractivity contribution in [1.82, 2.24) is 15.1 Å². The van der Waals surface area contributed by atoms with Crippen LogP contribution in [0.5, 0.6) is 5.75 Å². The second kappa shape index (κ2) is 11.6. The molecule has 0 unspecified atom stereocenters. The Balaban J connectivity index is 1.49. The van der Waals surface area contributed by atoms with Gasteiger partial charge in [-0.15, -0.1) is 0 Å². The average molecular weight is 582 g/mol. The standard InChI is InChI=1S/C31H34Cl2N4O3/c1-31(2,3)40-30(38)36-15-13-21(14-16-36)37(19-20-9-11-22(39-4)12-10-20)29-25-17-24(23-7-5-6-8-26(23)32)27(33)18-28(25)34-35-29/h5-12,17-18,21H,13-16,19H2,1-4H3,(H,34,35). The molecule has 0 bridgehead atoms. The van der Waals surface area contributed by atoms with Gasteiger partial charge in [-0.2, -0.15) is 5.10 Å². The molecular formula is C31H34Cl2N4O3. The smallest absolute Gasteiger partial charge is 0.410 e. The number of hydrogen-bond donors (Lipinski definition) is 1. The Morgan fingerprint density at radius 2 is 1.73 bits per heavy atom. The summed E-state index contributed by atoms with van der Waals surface area (Å²) in [5.41, 5.74) is 3.18. The van der Waals surface area contributed by atoms with Crippen molar-refractivity contribution in [3.63, 3.8) is 0 Å². The Morgan fingerprint density at radius 3 is 2.38 bits per heavy atom. The van der Waals surface area contributed by atoms with Gasteiger partial charge in [-0.25, -0.2) is 4.79 Å². The quantitative estimate of drug-likeness (QED) is 0.250. The molecule has 1 saturated heterocycles. The maximum atomic E-state index is 12.7. The van der Waals surface area contributed by atoms with Crippen LogP contribution in [0.2, 0.25) is 10.0 Å². The first-order valence-electron chi connectivity index (χ1n) is 13.4. The molecule has 5 rings (SSSR count). The van der Waals surface area contributed by atoms with E-state index in [1.807, 2.05) is 63.2 Å². The molecule has 0 atom stereocenters. The minimum atomic E-state index is -0.525. The fourth-order valence-electron chi connectivity index (χ4n) is 5.12. The average Bonchev–Trinajstić information content (AvgIpc) is 3.33. The zero-order valence-electron chi connectivity index (χ0n) is 23.2. The van der Waals surface area contributed by atoms with Crippen LogP contribution < -0.4 is 9.64 Å². The number of nitrogens with zero attached hydrogens (tertiary/aromatic N) is 3. The number of benzene rings is 3. The molecular weight excluding hydrogens is 547 g/mol. The number of piperidine rings is 1. The third-order valence-electron chi connectivity index (χ3n) is 7.14. The molecule has 40 heavy (non-hydrogen) atoms. The number of ether oxygens (including phenoxy) is 2. The summed E-state index contributed by atoms with van der Waals surface area (Å²) in [6.45, 7) is 7.53. The summed E-state index contributed by atoms with van der Waals surface area (Å²) in [6.07, 6.45) is 1.31. The predicted molar refractivity (Wildman–Crippen MR) is 162 cm³/mol. The third-order valence-corrected chi connectivity index (χ3v) is 7.78. The summed E-state index contributed by atoms with van der Waals surface area (Å²) in [5.74, 6) is 1.65. The molecule has 3 aromatic carbocycles. The van der Waals surface area contributed by atoms with Crippen molar-refractivity contribution in [1.29, 1.82) is 0 Å². The first-order valence-corrected chi connectivity index (χ1v) is 14.2. The van der Waals surface area contributed by atoms with Gasteiger partial charge in [-0.05, 0) is 69.5 Å². The fraction of sp³-hybridized carbons (Fsp3) is 0.355. The Hall–Kier alpha value is -3.42. The molecule has 7 nitrogen and oxygen atoms in total. The number of anilines is 1. The minimum Gasteiger partial charge on any atom is -0.497 e. The molecule has 1 N–H and O–H groups in total. The summed E-state index contributed by atoms with van der Waals surface area (Å²) in [4.78, 5) is 16.8. The Kier molecular flexibility index (Phi) is 8.15. The first-order chi connectivity index (χ1) is 19.1. The van der Waals surface area contributed by atoms with Gasteiger partial charge in [-0.3, -0.25) is 5.10 Å². The zero-order chi connectivity index (χ0) is 28.4. The van der Waals surface area contributed by atoms with E-state index in [4.69, 9.17) is 37.8 Å². The maximum absolute atomic E-state index is 12.7. The number of rotatable bonds is 6. The number of carbonyl (C=O) groups is 1. The number of hydrogen-bond acceptors (Lipinski definition) is 5. The van der Waals surface area contributed by atoms with E-state index in [1.165, 1.54) is 0 Å². The second-order valence-corrected chi connectivity index (χ2v) is 11.9.